The van der Waals surface area contributed by atoms with Gasteiger partial charge in [-0.25, -0.2) is 4.79 Å². The second-order valence-electron chi connectivity index (χ2n) is 20.3. The third kappa shape index (κ3) is 28.0. The van der Waals surface area contributed by atoms with Crippen molar-refractivity contribution in [3.05, 3.63) is 0 Å². The normalized spacial score (nSPS) is 22.7. The van der Waals surface area contributed by atoms with Crippen molar-refractivity contribution in [3.8, 4) is 0 Å². The lowest BCUT2D eigenvalue weighted by molar-refractivity contribution is -0.333. The van der Waals surface area contributed by atoms with Crippen LogP contribution in [0.5, 0.6) is 0 Å². The summed E-state index contributed by atoms with van der Waals surface area (Å²) in [6, 6.07) is -9.34. The highest BCUT2D eigenvalue weighted by Gasteiger charge is 2.53. The molecule has 0 aliphatic carbocycles. The Kier molecular flexibility index (Phi) is 34.2. The molecular formula is C50H82N14O26. The van der Waals surface area contributed by atoms with E-state index < -0.39 is 246 Å². The molecule has 2 saturated heterocycles. The zero-order valence-corrected chi connectivity index (χ0v) is 49.7. The van der Waals surface area contributed by atoms with Gasteiger partial charge >= 0.3 is 11.9 Å². The average molecular weight is 1300 g/mol. The van der Waals surface area contributed by atoms with Crippen molar-refractivity contribution in [2.24, 2.45) is 5.73 Å². The van der Waals surface area contributed by atoms with E-state index in [1.54, 1.807) is 0 Å². The highest BCUT2D eigenvalue weighted by Crippen LogP contribution is 2.31. The van der Waals surface area contributed by atoms with E-state index in [9.17, 15) is 103 Å². The van der Waals surface area contributed by atoms with Crippen molar-refractivity contribution >= 4 is 88.7 Å². The van der Waals surface area contributed by atoms with Crippen LogP contribution in [0.2, 0.25) is 0 Å². The Bertz CT molecular complexity index is 2530. The summed E-state index contributed by atoms with van der Waals surface area (Å²) in [5.41, 5.74) is 5.12. The van der Waals surface area contributed by atoms with Crippen LogP contribution in [0.1, 0.15) is 66.7 Å². The minimum atomic E-state index is -1.95. The van der Waals surface area contributed by atoms with E-state index in [0.29, 0.717) is 0 Å². The summed E-state index contributed by atoms with van der Waals surface area (Å²) in [5.74, 6) is -13.9. The second-order valence-corrected chi connectivity index (χ2v) is 20.3. The van der Waals surface area contributed by atoms with Gasteiger partial charge in [0.1, 0.15) is 85.5 Å². The van der Waals surface area contributed by atoms with E-state index in [0.717, 1.165) is 27.7 Å². The number of nitrogens with two attached hydrogens (primary N) is 1. The van der Waals surface area contributed by atoms with E-state index in [1.807, 2.05) is 5.32 Å². The van der Waals surface area contributed by atoms with E-state index in [4.69, 9.17) is 29.8 Å². The number of aliphatic carboxylic acids is 2. The van der Waals surface area contributed by atoms with Crippen LogP contribution < -0.4 is 74.9 Å². The van der Waals surface area contributed by atoms with Crippen molar-refractivity contribution in [1.29, 1.82) is 0 Å². The van der Waals surface area contributed by atoms with E-state index >= 15 is 0 Å². The van der Waals surface area contributed by atoms with Crippen molar-refractivity contribution < 1.29 is 127 Å². The number of aliphatic hydroxyl groups excluding tert-OH is 5. The van der Waals surface area contributed by atoms with Crippen LogP contribution in [-0.4, -0.2) is 282 Å². The maximum Gasteiger partial charge on any atom is 0.326 e. The molecule has 0 aromatic carbocycles. The Morgan fingerprint density at radius 1 is 0.500 bits per heavy atom. The van der Waals surface area contributed by atoms with Gasteiger partial charge in [0, 0.05) is 26.8 Å². The lowest BCUT2D eigenvalue weighted by atomic mass is 9.94. The van der Waals surface area contributed by atoms with Gasteiger partial charge in [-0.2, -0.15) is 0 Å². The maximum absolute atomic E-state index is 13.6. The number of carboxylic acids is 2. The Balaban J connectivity index is 2.13. The topological polar surface area (TPSA) is 617 Å². The maximum atomic E-state index is 13.6. The number of hydrogen-bond donors (Lipinski definition) is 21. The predicted octanol–water partition coefficient (Wildman–Crippen LogP) is -12.8. The minimum absolute atomic E-state index is 0.0441. The molecule has 2 aliphatic heterocycles. The summed E-state index contributed by atoms with van der Waals surface area (Å²) in [5, 5.41) is 101. The van der Waals surface area contributed by atoms with E-state index in [2.05, 4.69) is 63.8 Å². The first-order valence-electron chi connectivity index (χ1n) is 28.0. The van der Waals surface area contributed by atoms with Gasteiger partial charge in [-0.15, -0.1) is 0 Å². The van der Waals surface area contributed by atoms with Crippen molar-refractivity contribution in [2.75, 3.05) is 65.6 Å². The lowest BCUT2D eigenvalue weighted by Gasteiger charge is -2.48. The number of rotatable bonds is 38. The van der Waals surface area contributed by atoms with Gasteiger partial charge in [0.05, 0.1) is 52.5 Å². The summed E-state index contributed by atoms with van der Waals surface area (Å²) in [6.07, 6.45) is -16.6. The third-order valence-electron chi connectivity index (χ3n) is 13.0. The molecule has 0 aromatic rings. The van der Waals surface area contributed by atoms with Crippen molar-refractivity contribution in [2.45, 2.75) is 158 Å². The minimum Gasteiger partial charge on any atom is -0.480 e. The fourth-order valence-electron chi connectivity index (χ4n) is 8.26. The van der Waals surface area contributed by atoms with Crippen LogP contribution in [-0.2, 0) is 90.9 Å². The molecular weight excluding hydrogens is 1210 g/mol. The number of amides is 13. The van der Waals surface area contributed by atoms with Gasteiger partial charge in [0.2, 0.25) is 76.8 Å². The molecule has 40 nitrogen and oxygen atoms in total. The summed E-state index contributed by atoms with van der Waals surface area (Å²) in [4.78, 5) is 186. The van der Waals surface area contributed by atoms with Crippen LogP contribution in [0.3, 0.4) is 0 Å². The number of hydrogen-bond acceptors (Lipinski definition) is 25. The van der Waals surface area contributed by atoms with Crippen LogP contribution in [0.4, 0.5) is 0 Å². The van der Waals surface area contributed by atoms with Crippen molar-refractivity contribution in [3.63, 3.8) is 0 Å². The summed E-state index contributed by atoms with van der Waals surface area (Å²) in [7, 11) is 0. The molecule has 2 aliphatic rings. The largest absolute Gasteiger partial charge is 0.480 e. The van der Waals surface area contributed by atoms with Gasteiger partial charge in [-0.05, 0) is 46.5 Å². The number of carbonyl (C=O) groups is 15. The SMILES string of the molecule is CC(=O)NC1C(OC2C(CO)OC(O)C(NC(C)=O)C2OC(C)C(=O)NC(C)C(=O)NC(CCC(=O)NC(CCCCNC(=O)CNC(=O)CNC(=O)CNC(=O)CNC(=O)CN)C(=O)NC(C)C(=O)NCC(=O)NCC(=O)O)C(=O)O)OC(CO)C(O)C1O. The molecule has 0 bridgehead atoms. The molecule has 15 atom stereocenters. The monoisotopic (exact) mass is 1290 g/mol. The first-order chi connectivity index (χ1) is 42.3. The number of unbranched alkanes of at least 4 members (excludes halogenated alkanes) is 1. The first kappa shape index (κ1) is 77.7. The van der Waals surface area contributed by atoms with E-state index in [-0.39, 0.29) is 32.4 Å². The number of ether oxygens (including phenoxy) is 4. The number of carbonyl (C=O) groups excluding carboxylic acids is 13. The predicted molar refractivity (Wildman–Crippen MR) is 298 cm³/mol. The zero-order valence-electron chi connectivity index (χ0n) is 49.7. The van der Waals surface area contributed by atoms with Gasteiger partial charge in [-0.3, -0.25) is 67.1 Å². The van der Waals surface area contributed by atoms with Crippen LogP contribution >= 0.6 is 0 Å². The first-order valence-corrected chi connectivity index (χ1v) is 28.0. The zero-order chi connectivity index (χ0) is 67.9. The lowest BCUT2D eigenvalue weighted by Crippen LogP contribution is -2.70. The Morgan fingerprint density at radius 2 is 1.00 bits per heavy atom. The van der Waals surface area contributed by atoms with Crippen molar-refractivity contribution in [1.82, 2.24) is 69.1 Å². The van der Waals surface area contributed by atoms with Crippen LogP contribution in [0.25, 0.3) is 0 Å². The quantitative estimate of drug-likeness (QED) is 0.0255. The Morgan fingerprint density at radius 3 is 1.52 bits per heavy atom. The standard InChI is InChI=1S/C50H82N14O26/c1-21(44(80)58-17-36(75)57-18-37(76)77)60-47(83)26(8-6-7-11-52-32(71)13-54-34(73)15-56-35(74)16-55-33(72)14-53-31(70)12-51)63-30(69)10-9-27(48(84)85)64-45(81)22(2)59-46(82)23(3)87-43-39(62-25(5)68)49(86)88-29(20-66)42(43)90-50-38(61-24(4)67)41(79)40(78)28(19-65)89-50/h21-23,26-29,38-43,49-50,65-66,78-79,86H,6-20,51H2,1-5H3,(H,52,71)(H,53,70)(H,54,73)(H,55,72)(H,56,74)(H,57,75)(H,58,80)(H,59,82)(H,60,83)(H,61,67)(H,62,68)(H,63,69)(H,64,81)(H,76,77)(H,84,85). The number of nitrogens with one attached hydrogen (secondary N) is 13. The Labute approximate surface area is 513 Å². The van der Waals surface area contributed by atoms with Gasteiger partial charge < -0.3 is 130 Å². The smallest absolute Gasteiger partial charge is 0.326 e. The number of carboxylic acid groups (broad SMARTS) is 2. The molecule has 0 aromatic heterocycles. The molecule has 508 valence electrons. The molecule has 2 rings (SSSR count). The second kappa shape index (κ2) is 39.6. The highest BCUT2D eigenvalue weighted by atomic mass is 16.7. The third-order valence-corrected chi connectivity index (χ3v) is 13.0. The molecule has 22 N–H and O–H groups in total. The summed E-state index contributed by atoms with van der Waals surface area (Å²) >= 11 is 0. The summed E-state index contributed by atoms with van der Waals surface area (Å²) < 4.78 is 23.2. The van der Waals surface area contributed by atoms with Gasteiger partial charge in [0.15, 0.2) is 12.6 Å². The molecule has 0 spiro atoms. The molecule has 13 amide bonds. The molecule has 0 saturated carbocycles. The fourth-order valence-corrected chi connectivity index (χ4v) is 8.26. The molecule has 2 heterocycles. The Hall–Kier alpha value is -8.35. The summed E-state index contributed by atoms with van der Waals surface area (Å²) in [6.45, 7) is -0.0884. The molecule has 40 heteroatoms. The molecule has 0 radical (unpaired) electrons. The highest BCUT2D eigenvalue weighted by molar-refractivity contribution is 5.95. The average Bonchev–Trinajstić information content (AvgIpc) is 0.811. The van der Waals surface area contributed by atoms with Gasteiger partial charge in [-0.1, -0.05) is 0 Å². The van der Waals surface area contributed by atoms with Gasteiger partial charge in [0.25, 0.3) is 0 Å². The van der Waals surface area contributed by atoms with Crippen LogP contribution in [0.15, 0.2) is 0 Å². The fraction of sp³-hybridized carbons (Fsp3) is 0.700. The number of aliphatic hydroxyl groups is 5. The molecule has 90 heavy (non-hydrogen) atoms. The van der Waals surface area contributed by atoms with Crippen LogP contribution in [0, 0.1) is 0 Å². The molecule has 2 fully saturated rings. The molecule has 15 unspecified atom stereocenters. The van der Waals surface area contributed by atoms with E-state index in [1.165, 1.54) is 6.92 Å².